The summed E-state index contributed by atoms with van der Waals surface area (Å²) in [6.07, 6.45) is 1.94. The van der Waals surface area contributed by atoms with Gasteiger partial charge in [-0.25, -0.2) is 32.2 Å². The SMILES string of the molecule is CCc1c(F)ccc2cc(OCOC)cc(-c3nc(OC(C)C)c4c(N5CCCC(C)(O)C5)nc(S(C)(=O)=O)nc4c3F)c12. The summed E-state index contributed by atoms with van der Waals surface area (Å²) >= 11 is 0. The zero-order valence-electron chi connectivity index (χ0n) is 25.6. The van der Waals surface area contributed by atoms with E-state index >= 15 is 8.78 Å². The van der Waals surface area contributed by atoms with E-state index in [1.165, 1.54) is 19.2 Å². The first kappa shape index (κ1) is 31.7. The second kappa shape index (κ2) is 12.0. The number of aliphatic hydroxyl groups is 1. The second-order valence-corrected chi connectivity index (χ2v) is 13.5. The lowest BCUT2D eigenvalue weighted by Crippen LogP contribution is -2.46. The Morgan fingerprint density at radius 1 is 1.14 bits per heavy atom. The number of aromatic nitrogens is 3. The number of hydrogen-bond donors (Lipinski definition) is 1. The van der Waals surface area contributed by atoms with Crippen molar-refractivity contribution in [3.63, 3.8) is 0 Å². The van der Waals surface area contributed by atoms with Crippen LogP contribution in [0.1, 0.15) is 46.1 Å². The van der Waals surface area contributed by atoms with E-state index in [1.54, 1.807) is 44.7 Å². The monoisotopic (exact) mass is 630 g/mol. The lowest BCUT2D eigenvalue weighted by molar-refractivity contribution is 0.0447. The van der Waals surface area contributed by atoms with E-state index in [2.05, 4.69) is 15.0 Å². The van der Waals surface area contributed by atoms with Crippen LogP contribution in [-0.2, 0) is 21.0 Å². The molecule has 1 saturated heterocycles. The molecule has 3 heterocycles. The molecule has 2 aromatic heterocycles. The fourth-order valence-corrected chi connectivity index (χ4v) is 6.13. The molecule has 0 amide bonds. The van der Waals surface area contributed by atoms with E-state index < -0.39 is 38.3 Å². The molecule has 1 fully saturated rings. The summed E-state index contributed by atoms with van der Waals surface area (Å²) in [5, 5.41) is 11.3. The number of rotatable bonds is 9. The maximum Gasteiger partial charge on any atom is 0.249 e. The third-order valence-electron chi connectivity index (χ3n) is 7.46. The number of piperidine rings is 1. The summed E-state index contributed by atoms with van der Waals surface area (Å²) < 4.78 is 74.5. The van der Waals surface area contributed by atoms with Gasteiger partial charge in [0.15, 0.2) is 12.6 Å². The molecule has 1 aliphatic heterocycles. The van der Waals surface area contributed by atoms with Gasteiger partial charge in [-0.05, 0) is 74.6 Å². The number of aryl methyl sites for hydroxylation is 1. The van der Waals surface area contributed by atoms with Crippen molar-refractivity contribution in [3.8, 4) is 22.9 Å². The highest BCUT2D eigenvalue weighted by Gasteiger charge is 2.34. The molecule has 2 aromatic carbocycles. The maximum atomic E-state index is 17.0. The number of nitrogens with zero attached hydrogens (tertiary/aromatic N) is 4. The summed E-state index contributed by atoms with van der Waals surface area (Å²) in [5.41, 5.74) is -1.09. The van der Waals surface area contributed by atoms with Gasteiger partial charge in [-0.2, -0.15) is 0 Å². The third kappa shape index (κ3) is 6.13. The van der Waals surface area contributed by atoms with Crippen LogP contribution in [0, 0.1) is 11.6 Å². The maximum absolute atomic E-state index is 17.0. The van der Waals surface area contributed by atoms with Crippen molar-refractivity contribution < 1.29 is 36.5 Å². The minimum absolute atomic E-state index is 0.0301. The van der Waals surface area contributed by atoms with Gasteiger partial charge in [-0.3, -0.25) is 0 Å². The standard InChI is InChI=1S/C31H36F2N4O6S/c1-7-20-22(32)10-9-18-13-19(42-16-41-5)14-21(23(18)20)26-25(33)27-24(29(34-26)43-17(2)3)28(36-30(35-27)44(6,39)40)37-12-8-11-31(4,38)15-37/h9-10,13-14,17,38H,7-8,11-12,15-16H2,1-6H3. The molecule has 236 valence electrons. The summed E-state index contributed by atoms with van der Waals surface area (Å²) in [6.45, 7) is 7.47. The molecule has 0 bridgehead atoms. The van der Waals surface area contributed by atoms with Crippen LogP contribution in [0.25, 0.3) is 32.9 Å². The lowest BCUT2D eigenvalue weighted by Gasteiger charge is -2.38. The number of pyridine rings is 1. The Bertz CT molecular complexity index is 1850. The number of ether oxygens (including phenoxy) is 3. The molecule has 4 aromatic rings. The molecule has 5 rings (SSSR count). The molecule has 13 heteroatoms. The van der Waals surface area contributed by atoms with Crippen molar-refractivity contribution in [3.05, 3.63) is 41.5 Å². The zero-order valence-corrected chi connectivity index (χ0v) is 26.4. The van der Waals surface area contributed by atoms with Gasteiger partial charge in [0.1, 0.15) is 34.0 Å². The van der Waals surface area contributed by atoms with E-state index in [1.807, 2.05) is 0 Å². The summed E-state index contributed by atoms with van der Waals surface area (Å²) in [6, 6.07) is 6.15. The van der Waals surface area contributed by atoms with Gasteiger partial charge in [-0.15, -0.1) is 0 Å². The van der Waals surface area contributed by atoms with Gasteiger partial charge >= 0.3 is 0 Å². The van der Waals surface area contributed by atoms with Crippen molar-refractivity contribution in [2.45, 2.75) is 63.8 Å². The Balaban J connectivity index is 1.92. The van der Waals surface area contributed by atoms with Gasteiger partial charge in [0, 0.05) is 32.0 Å². The smallest absolute Gasteiger partial charge is 0.249 e. The number of fused-ring (bicyclic) bond motifs is 2. The molecule has 10 nitrogen and oxygen atoms in total. The number of methoxy groups -OCH3 is 1. The van der Waals surface area contributed by atoms with Crippen molar-refractivity contribution in [1.82, 2.24) is 15.0 Å². The van der Waals surface area contributed by atoms with Crippen molar-refractivity contribution in [1.29, 1.82) is 0 Å². The first-order valence-electron chi connectivity index (χ1n) is 14.4. The number of hydrogen-bond acceptors (Lipinski definition) is 10. The topological polar surface area (TPSA) is 124 Å². The Kier molecular flexibility index (Phi) is 8.67. The van der Waals surface area contributed by atoms with Gasteiger partial charge in [0.05, 0.1) is 11.7 Å². The minimum Gasteiger partial charge on any atom is -0.474 e. The molecular weight excluding hydrogens is 594 g/mol. The first-order valence-corrected chi connectivity index (χ1v) is 16.3. The largest absolute Gasteiger partial charge is 0.474 e. The minimum atomic E-state index is -4.01. The average Bonchev–Trinajstić information content (AvgIpc) is 2.95. The number of halogens is 2. The summed E-state index contributed by atoms with van der Waals surface area (Å²) in [4.78, 5) is 14.9. The van der Waals surface area contributed by atoms with E-state index in [4.69, 9.17) is 14.2 Å². The lowest BCUT2D eigenvalue weighted by atomic mass is 9.94. The first-order chi connectivity index (χ1) is 20.7. The molecule has 1 aliphatic rings. The molecule has 1 unspecified atom stereocenters. The Morgan fingerprint density at radius 3 is 2.52 bits per heavy atom. The highest BCUT2D eigenvalue weighted by atomic mass is 32.2. The predicted molar refractivity (Wildman–Crippen MR) is 163 cm³/mol. The Morgan fingerprint density at radius 2 is 1.89 bits per heavy atom. The number of β-amino-alcohol motifs (C(OH)–C–C–N with tert-alkyl or cyclic N) is 1. The van der Waals surface area contributed by atoms with Crippen LogP contribution in [0.2, 0.25) is 0 Å². The molecule has 0 aliphatic carbocycles. The van der Waals surface area contributed by atoms with Crippen LogP contribution >= 0.6 is 0 Å². The molecular formula is C31H36F2N4O6S. The third-order valence-corrected chi connectivity index (χ3v) is 8.31. The van der Waals surface area contributed by atoms with Crippen LogP contribution in [0.15, 0.2) is 29.4 Å². The second-order valence-electron chi connectivity index (χ2n) is 11.6. The summed E-state index contributed by atoms with van der Waals surface area (Å²) in [7, 11) is -2.54. The van der Waals surface area contributed by atoms with Crippen molar-refractivity contribution in [2.24, 2.45) is 0 Å². The quantitative estimate of drug-likeness (QED) is 0.195. The molecule has 0 radical (unpaired) electrons. The van der Waals surface area contributed by atoms with Gasteiger partial charge in [-0.1, -0.05) is 13.0 Å². The number of benzene rings is 2. The molecule has 44 heavy (non-hydrogen) atoms. The molecule has 1 atom stereocenters. The number of sulfone groups is 1. The summed E-state index contributed by atoms with van der Waals surface area (Å²) in [5.74, 6) is -1.02. The van der Waals surface area contributed by atoms with E-state index in [-0.39, 0.29) is 47.2 Å². The van der Waals surface area contributed by atoms with Crippen LogP contribution in [0.3, 0.4) is 0 Å². The normalized spacial score (nSPS) is 17.5. The fraction of sp³-hybridized carbons (Fsp3) is 0.452. The van der Waals surface area contributed by atoms with Crippen molar-refractivity contribution >= 4 is 37.3 Å². The van der Waals surface area contributed by atoms with Crippen LogP contribution in [0.4, 0.5) is 14.6 Å². The van der Waals surface area contributed by atoms with E-state index in [9.17, 15) is 13.5 Å². The Hall–Kier alpha value is -3.68. The average molecular weight is 631 g/mol. The molecule has 0 spiro atoms. The highest BCUT2D eigenvalue weighted by molar-refractivity contribution is 7.90. The van der Waals surface area contributed by atoms with Crippen LogP contribution < -0.4 is 14.4 Å². The molecule has 1 N–H and O–H groups in total. The van der Waals surface area contributed by atoms with E-state index in [0.717, 1.165) is 6.26 Å². The Labute approximate surface area is 254 Å². The van der Waals surface area contributed by atoms with E-state index in [0.29, 0.717) is 47.9 Å². The van der Waals surface area contributed by atoms with Gasteiger partial charge < -0.3 is 24.2 Å². The highest BCUT2D eigenvalue weighted by Crippen LogP contribution is 2.43. The predicted octanol–water partition coefficient (Wildman–Crippen LogP) is 5.21. The van der Waals surface area contributed by atoms with Gasteiger partial charge in [0.2, 0.25) is 20.9 Å². The zero-order chi connectivity index (χ0) is 32.0. The molecule has 0 saturated carbocycles. The van der Waals surface area contributed by atoms with Gasteiger partial charge in [0.25, 0.3) is 0 Å². The fourth-order valence-electron chi connectivity index (χ4n) is 5.62. The van der Waals surface area contributed by atoms with Crippen LogP contribution in [-0.4, -0.2) is 73.4 Å². The number of anilines is 1. The van der Waals surface area contributed by atoms with Crippen LogP contribution in [0.5, 0.6) is 11.6 Å². The van der Waals surface area contributed by atoms with Crippen molar-refractivity contribution in [2.75, 3.05) is 38.1 Å².